The summed E-state index contributed by atoms with van der Waals surface area (Å²) in [5, 5.41) is 11.6. The van der Waals surface area contributed by atoms with Crippen LogP contribution in [0.25, 0.3) is 11.4 Å². The average Bonchev–Trinajstić information content (AvgIpc) is 2.97. The van der Waals surface area contributed by atoms with E-state index in [1.807, 2.05) is 37.4 Å². The lowest BCUT2D eigenvalue weighted by molar-refractivity contribution is 0.340. The maximum absolute atomic E-state index is 5.48. The average molecular weight is 352 g/mol. The third-order valence-corrected chi connectivity index (χ3v) is 4.09. The molecule has 1 heterocycles. The lowest BCUT2D eigenvalue weighted by atomic mass is 10.1. The molecule has 25 heavy (non-hydrogen) atoms. The van der Waals surface area contributed by atoms with Crippen LogP contribution in [-0.4, -0.2) is 27.7 Å². The van der Waals surface area contributed by atoms with Crippen LogP contribution in [0.5, 0.6) is 5.75 Å². The van der Waals surface area contributed by atoms with Gasteiger partial charge in [-0.2, -0.15) is 14.9 Å². The highest BCUT2D eigenvalue weighted by Gasteiger charge is 2.08. The first-order chi connectivity index (χ1) is 12.1. The summed E-state index contributed by atoms with van der Waals surface area (Å²) in [5.41, 5.74) is 4.32. The molecule has 0 saturated carbocycles. The van der Waals surface area contributed by atoms with E-state index >= 15 is 0 Å². The molecule has 0 aliphatic heterocycles. The number of aromatic nitrogens is 3. The van der Waals surface area contributed by atoms with Crippen molar-refractivity contribution in [2.75, 3.05) is 6.61 Å². The van der Waals surface area contributed by atoms with E-state index in [0.29, 0.717) is 17.2 Å². The van der Waals surface area contributed by atoms with Crippen LogP contribution in [0.3, 0.4) is 0 Å². The molecule has 1 aromatic heterocycles. The highest BCUT2D eigenvalue weighted by Crippen LogP contribution is 2.21. The Labute approximate surface area is 152 Å². The smallest absolute Gasteiger partial charge is 0.216 e. The van der Waals surface area contributed by atoms with Gasteiger partial charge in [0.05, 0.1) is 12.8 Å². The molecule has 0 unspecified atom stereocenters. The number of hydrogen-bond donors (Lipinski definition) is 1. The number of hydrogen-bond acceptors (Lipinski definition) is 4. The van der Waals surface area contributed by atoms with Crippen LogP contribution >= 0.6 is 12.2 Å². The fourth-order valence-corrected chi connectivity index (χ4v) is 2.65. The molecule has 1 N–H and O–H groups in total. The predicted octanol–water partition coefficient (Wildman–Crippen LogP) is 4.51. The lowest BCUT2D eigenvalue weighted by Crippen LogP contribution is -1.97. The van der Waals surface area contributed by atoms with Gasteiger partial charge < -0.3 is 4.74 Å². The number of ether oxygens (including phenoxy) is 1. The number of aryl methyl sites for hydroxylation is 2. The van der Waals surface area contributed by atoms with E-state index in [4.69, 9.17) is 17.0 Å². The summed E-state index contributed by atoms with van der Waals surface area (Å²) in [5.74, 6) is 1.49. The second-order valence-corrected chi connectivity index (χ2v) is 6.11. The molecule has 0 aliphatic carbocycles. The van der Waals surface area contributed by atoms with Crippen LogP contribution in [0.15, 0.2) is 47.6 Å². The molecule has 0 saturated heterocycles. The van der Waals surface area contributed by atoms with Crippen molar-refractivity contribution in [1.82, 2.24) is 14.9 Å². The summed E-state index contributed by atoms with van der Waals surface area (Å²) < 4.78 is 7.56. The highest BCUT2D eigenvalue weighted by atomic mass is 32.1. The van der Waals surface area contributed by atoms with E-state index in [-0.39, 0.29) is 0 Å². The molecule has 3 aromatic rings. The van der Waals surface area contributed by atoms with E-state index in [0.717, 1.165) is 22.4 Å². The van der Waals surface area contributed by atoms with Gasteiger partial charge in [-0.05, 0) is 68.4 Å². The zero-order chi connectivity index (χ0) is 17.8. The van der Waals surface area contributed by atoms with Gasteiger partial charge in [0, 0.05) is 5.56 Å². The van der Waals surface area contributed by atoms with Crippen LogP contribution in [0.2, 0.25) is 0 Å². The molecular formula is C19H20N4OS. The quantitative estimate of drug-likeness (QED) is 0.543. The van der Waals surface area contributed by atoms with E-state index in [2.05, 4.69) is 47.3 Å². The van der Waals surface area contributed by atoms with E-state index in [9.17, 15) is 0 Å². The molecule has 0 spiro atoms. The molecule has 128 valence electrons. The first-order valence-corrected chi connectivity index (χ1v) is 8.51. The van der Waals surface area contributed by atoms with Crippen LogP contribution in [0.1, 0.15) is 23.6 Å². The standard InChI is InChI=1S/C19H20N4OS/c1-4-24-17-9-7-15(8-10-17)18-21-22-19(25)23(18)20-12-16-11-13(2)5-6-14(16)3/h5-12H,4H2,1-3H3,(H,22,25)/b20-12-. The monoisotopic (exact) mass is 352 g/mol. The van der Waals surface area contributed by atoms with Crippen molar-refractivity contribution in [3.8, 4) is 17.1 Å². The fraction of sp³-hybridized carbons (Fsp3) is 0.211. The number of benzene rings is 2. The number of nitrogens with zero attached hydrogens (tertiary/aromatic N) is 3. The van der Waals surface area contributed by atoms with Crippen molar-refractivity contribution in [1.29, 1.82) is 0 Å². The topological polar surface area (TPSA) is 55.2 Å². The number of aromatic amines is 1. The zero-order valence-electron chi connectivity index (χ0n) is 14.5. The molecule has 0 bridgehead atoms. The van der Waals surface area contributed by atoms with Gasteiger partial charge in [-0.1, -0.05) is 23.8 Å². The van der Waals surface area contributed by atoms with Gasteiger partial charge in [0.1, 0.15) is 5.75 Å². The second kappa shape index (κ2) is 7.44. The van der Waals surface area contributed by atoms with Gasteiger partial charge in [-0.3, -0.25) is 0 Å². The van der Waals surface area contributed by atoms with Gasteiger partial charge in [-0.15, -0.1) is 0 Å². The molecule has 5 nitrogen and oxygen atoms in total. The summed E-state index contributed by atoms with van der Waals surface area (Å²) >= 11 is 5.32. The third-order valence-electron chi connectivity index (χ3n) is 3.82. The van der Waals surface area contributed by atoms with Crippen molar-refractivity contribution in [2.45, 2.75) is 20.8 Å². The molecule has 0 radical (unpaired) electrons. The number of nitrogens with one attached hydrogen (secondary N) is 1. The Balaban J connectivity index is 1.95. The van der Waals surface area contributed by atoms with Crippen molar-refractivity contribution in [2.24, 2.45) is 5.10 Å². The maximum Gasteiger partial charge on any atom is 0.216 e. The van der Waals surface area contributed by atoms with E-state index < -0.39 is 0 Å². The van der Waals surface area contributed by atoms with Gasteiger partial charge in [-0.25, -0.2) is 5.10 Å². The Morgan fingerprint density at radius 1 is 1.20 bits per heavy atom. The molecule has 6 heteroatoms. The number of rotatable bonds is 5. The lowest BCUT2D eigenvalue weighted by Gasteiger charge is -2.05. The van der Waals surface area contributed by atoms with Gasteiger partial charge in [0.2, 0.25) is 4.77 Å². The first-order valence-electron chi connectivity index (χ1n) is 8.10. The summed E-state index contributed by atoms with van der Waals surface area (Å²) in [6.07, 6.45) is 1.81. The SMILES string of the molecule is CCOc1ccc(-c2n[nH]c(=S)n2/N=C\c2cc(C)ccc2C)cc1. The van der Waals surface area contributed by atoms with Crippen molar-refractivity contribution in [3.05, 3.63) is 63.9 Å². The first kappa shape index (κ1) is 17.1. The fourth-order valence-electron chi connectivity index (χ4n) is 2.47. The van der Waals surface area contributed by atoms with Crippen LogP contribution in [-0.2, 0) is 0 Å². The summed E-state index contributed by atoms with van der Waals surface area (Å²) in [6.45, 7) is 6.72. The summed E-state index contributed by atoms with van der Waals surface area (Å²) in [7, 11) is 0. The molecule has 0 amide bonds. The Morgan fingerprint density at radius 2 is 1.96 bits per heavy atom. The third kappa shape index (κ3) is 3.85. The van der Waals surface area contributed by atoms with E-state index in [1.165, 1.54) is 5.56 Å². The predicted molar refractivity (Wildman–Crippen MR) is 103 cm³/mol. The van der Waals surface area contributed by atoms with Crippen molar-refractivity contribution >= 4 is 18.4 Å². The van der Waals surface area contributed by atoms with E-state index in [1.54, 1.807) is 4.68 Å². The minimum absolute atomic E-state index is 0.449. The zero-order valence-corrected chi connectivity index (χ0v) is 15.3. The molecule has 2 aromatic carbocycles. The molecule has 0 fully saturated rings. The largest absolute Gasteiger partial charge is 0.494 e. The Kier molecular flexibility index (Phi) is 5.09. The Hall–Kier alpha value is -2.73. The van der Waals surface area contributed by atoms with Crippen LogP contribution in [0, 0.1) is 18.6 Å². The summed E-state index contributed by atoms with van der Waals surface area (Å²) in [6, 6.07) is 14.0. The minimum Gasteiger partial charge on any atom is -0.494 e. The van der Waals surface area contributed by atoms with Gasteiger partial charge in [0.15, 0.2) is 5.82 Å². The number of H-pyrrole nitrogens is 1. The summed E-state index contributed by atoms with van der Waals surface area (Å²) in [4.78, 5) is 0. The van der Waals surface area contributed by atoms with Crippen LogP contribution < -0.4 is 4.74 Å². The second-order valence-electron chi connectivity index (χ2n) is 5.73. The molecule has 3 rings (SSSR count). The molecule has 0 aliphatic rings. The Bertz CT molecular complexity index is 954. The Morgan fingerprint density at radius 3 is 2.68 bits per heavy atom. The van der Waals surface area contributed by atoms with Gasteiger partial charge >= 0.3 is 0 Å². The van der Waals surface area contributed by atoms with Crippen LogP contribution in [0.4, 0.5) is 0 Å². The molecule has 0 atom stereocenters. The molecular weight excluding hydrogens is 332 g/mol. The minimum atomic E-state index is 0.449. The normalized spacial score (nSPS) is 11.2. The maximum atomic E-state index is 5.48. The van der Waals surface area contributed by atoms with Gasteiger partial charge in [0.25, 0.3) is 0 Å². The van der Waals surface area contributed by atoms with Crippen molar-refractivity contribution in [3.63, 3.8) is 0 Å². The highest BCUT2D eigenvalue weighted by molar-refractivity contribution is 7.71. The van der Waals surface area contributed by atoms with Crippen molar-refractivity contribution < 1.29 is 4.74 Å².